The molecule has 2 heterocycles. The van der Waals surface area contributed by atoms with Crippen LogP contribution in [0.15, 0.2) is 24.3 Å². The number of piperidine rings is 1. The average molecular weight is 243 g/mol. The Bertz CT molecular complexity index is 534. The van der Waals surface area contributed by atoms with Gasteiger partial charge in [0.15, 0.2) is 0 Å². The third-order valence-corrected chi connectivity index (χ3v) is 3.58. The topological polar surface area (TPSA) is 67.9 Å². The van der Waals surface area contributed by atoms with Gasteiger partial charge in [0.05, 0.1) is 5.52 Å². The predicted molar refractivity (Wildman–Crippen MR) is 71.3 cm³/mol. The Balaban J connectivity index is 1.82. The van der Waals surface area contributed by atoms with Gasteiger partial charge in [-0.25, -0.2) is 4.98 Å². The highest BCUT2D eigenvalue weighted by Crippen LogP contribution is 2.20. The van der Waals surface area contributed by atoms with Crippen LogP contribution in [0.1, 0.15) is 12.8 Å². The number of para-hydroxylation sites is 1. The summed E-state index contributed by atoms with van der Waals surface area (Å²) in [7, 11) is 0. The van der Waals surface area contributed by atoms with Gasteiger partial charge in [-0.2, -0.15) is 0 Å². The van der Waals surface area contributed by atoms with Crippen molar-refractivity contribution in [1.29, 1.82) is 0 Å². The van der Waals surface area contributed by atoms with Gasteiger partial charge < -0.3 is 10.6 Å². The maximum atomic E-state index is 5.70. The molecule has 0 radical (unpaired) electrons. The van der Waals surface area contributed by atoms with E-state index in [1.165, 1.54) is 0 Å². The van der Waals surface area contributed by atoms with Crippen LogP contribution < -0.4 is 10.6 Å². The minimum Gasteiger partial charge on any atom is -0.339 e. The van der Waals surface area contributed by atoms with Crippen molar-refractivity contribution in [2.24, 2.45) is 11.7 Å². The standard InChI is InChI=1S/C13H17N5/c14-9-10-5-7-18(8-6-10)13-15-11-3-1-2-4-12(11)16-17-13/h1-4,10H,5-9,14H2. The molecule has 0 atom stereocenters. The van der Waals surface area contributed by atoms with Gasteiger partial charge in [-0.3, -0.25) is 0 Å². The van der Waals surface area contributed by atoms with Crippen LogP contribution in [-0.4, -0.2) is 34.8 Å². The first kappa shape index (κ1) is 11.3. The smallest absolute Gasteiger partial charge is 0.245 e. The molecule has 94 valence electrons. The largest absolute Gasteiger partial charge is 0.339 e. The second-order valence-electron chi connectivity index (χ2n) is 4.77. The normalized spacial score (nSPS) is 17.3. The molecule has 3 rings (SSSR count). The van der Waals surface area contributed by atoms with E-state index < -0.39 is 0 Å². The van der Waals surface area contributed by atoms with Gasteiger partial charge in [0.1, 0.15) is 5.52 Å². The number of nitrogens with two attached hydrogens (primary N) is 1. The van der Waals surface area contributed by atoms with Crippen LogP contribution in [0, 0.1) is 5.92 Å². The van der Waals surface area contributed by atoms with E-state index in [2.05, 4.69) is 20.1 Å². The summed E-state index contributed by atoms with van der Waals surface area (Å²) in [5.41, 5.74) is 7.45. The highest BCUT2D eigenvalue weighted by molar-refractivity contribution is 5.74. The van der Waals surface area contributed by atoms with E-state index in [1.807, 2.05) is 24.3 Å². The van der Waals surface area contributed by atoms with E-state index in [1.54, 1.807) is 0 Å². The molecular weight excluding hydrogens is 226 g/mol. The molecule has 5 heteroatoms. The van der Waals surface area contributed by atoms with E-state index >= 15 is 0 Å². The molecule has 1 saturated heterocycles. The van der Waals surface area contributed by atoms with Gasteiger partial charge in [0.2, 0.25) is 5.95 Å². The monoisotopic (exact) mass is 243 g/mol. The van der Waals surface area contributed by atoms with E-state index in [0.29, 0.717) is 5.92 Å². The lowest BCUT2D eigenvalue weighted by Gasteiger charge is -2.31. The Labute approximate surface area is 106 Å². The fourth-order valence-electron chi connectivity index (χ4n) is 2.37. The van der Waals surface area contributed by atoms with Crippen molar-refractivity contribution in [2.75, 3.05) is 24.5 Å². The highest BCUT2D eigenvalue weighted by atomic mass is 15.3. The van der Waals surface area contributed by atoms with Crippen LogP contribution in [0.2, 0.25) is 0 Å². The van der Waals surface area contributed by atoms with Gasteiger partial charge in [-0.15, -0.1) is 10.2 Å². The zero-order valence-electron chi connectivity index (χ0n) is 10.3. The van der Waals surface area contributed by atoms with Gasteiger partial charge in [-0.1, -0.05) is 12.1 Å². The molecule has 1 aliphatic rings. The summed E-state index contributed by atoms with van der Waals surface area (Å²) in [6, 6.07) is 7.83. The van der Waals surface area contributed by atoms with Crippen molar-refractivity contribution in [1.82, 2.24) is 15.2 Å². The second-order valence-corrected chi connectivity index (χ2v) is 4.77. The van der Waals surface area contributed by atoms with E-state index in [9.17, 15) is 0 Å². The van der Waals surface area contributed by atoms with Gasteiger partial charge >= 0.3 is 0 Å². The summed E-state index contributed by atoms with van der Waals surface area (Å²) in [5, 5.41) is 8.43. The third-order valence-electron chi connectivity index (χ3n) is 3.58. The molecular formula is C13H17N5. The van der Waals surface area contributed by atoms with Crippen LogP contribution >= 0.6 is 0 Å². The number of rotatable bonds is 2. The second kappa shape index (κ2) is 4.86. The first-order valence-corrected chi connectivity index (χ1v) is 6.41. The molecule has 2 N–H and O–H groups in total. The van der Waals surface area contributed by atoms with Crippen molar-refractivity contribution in [3.8, 4) is 0 Å². The first-order chi connectivity index (χ1) is 8.86. The molecule has 1 aromatic heterocycles. The lowest BCUT2D eigenvalue weighted by atomic mass is 9.97. The van der Waals surface area contributed by atoms with Crippen molar-refractivity contribution in [3.63, 3.8) is 0 Å². The maximum Gasteiger partial charge on any atom is 0.245 e. The summed E-state index contributed by atoms with van der Waals surface area (Å²) >= 11 is 0. The van der Waals surface area contributed by atoms with Crippen LogP contribution in [0.25, 0.3) is 11.0 Å². The molecule has 1 aromatic carbocycles. The summed E-state index contributed by atoms with van der Waals surface area (Å²) in [4.78, 5) is 6.77. The molecule has 0 saturated carbocycles. The molecule has 1 aliphatic heterocycles. The first-order valence-electron chi connectivity index (χ1n) is 6.41. The molecule has 2 aromatic rings. The zero-order valence-corrected chi connectivity index (χ0v) is 10.3. The quantitative estimate of drug-likeness (QED) is 0.858. The van der Waals surface area contributed by atoms with E-state index in [-0.39, 0.29) is 0 Å². The van der Waals surface area contributed by atoms with Crippen molar-refractivity contribution < 1.29 is 0 Å². The minimum atomic E-state index is 0.648. The number of benzene rings is 1. The lowest BCUT2D eigenvalue weighted by Crippen LogP contribution is -2.37. The number of nitrogens with zero attached hydrogens (tertiary/aromatic N) is 4. The van der Waals surface area contributed by atoms with Crippen molar-refractivity contribution >= 4 is 17.0 Å². The molecule has 5 nitrogen and oxygen atoms in total. The van der Waals surface area contributed by atoms with E-state index in [0.717, 1.165) is 49.5 Å². The highest BCUT2D eigenvalue weighted by Gasteiger charge is 2.20. The van der Waals surface area contributed by atoms with Crippen LogP contribution in [0.5, 0.6) is 0 Å². The zero-order chi connectivity index (χ0) is 12.4. The number of aromatic nitrogens is 3. The fraction of sp³-hybridized carbons (Fsp3) is 0.462. The number of fused-ring (bicyclic) bond motifs is 1. The van der Waals surface area contributed by atoms with Gasteiger partial charge in [0.25, 0.3) is 0 Å². The number of anilines is 1. The molecule has 0 bridgehead atoms. The summed E-state index contributed by atoms with van der Waals surface area (Å²) in [6.07, 6.45) is 2.24. The Kier molecular flexibility index (Phi) is 3.06. The molecule has 18 heavy (non-hydrogen) atoms. The summed E-state index contributed by atoms with van der Waals surface area (Å²) < 4.78 is 0. The predicted octanol–water partition coefficient (Wildman–Crippen LogP) is 1.20. The van der Waals surface area contributed by atoms with Crippen LogP contribution in [0.4, 0.5) is 5.95 Å². The molecule has 1 fully saturated rings. The lowest BCUT2D eigenvalue weighted by molar-refractivity contribution is 0.411. The molecule has 0 unspecified atom stereocenters. The number of hydrogen-bond donors (Lipinski definition) is 1. The van der Waals surface area contributed by atoms with Crippen molar-refractivity contribution in [2.45, 2.75) is 12.8 Å². The Morgan fingerprint density at radius 2 is 1.83 bits per heavy atom. The number of hydrogen-bond acceptors (Lipinski definition) is 5. The summed E-state index contributed by atoms with van der Waals surface area (Å²) in [6.45, 7) is 2.73. The molecule has 0 aliphatic carbocycles. The third kappa shape index (κ3) is 2.13. The van der Waals surface area contributed by atoms with Gasteiger partial charge in [0, 0.05) is 13.1 Å². The average Bonchev–Trinajstić information content (AvgIpc) is 2.47. The SMILES string of the molecule is NCC1CCN(c2nnc3ccccc3n2)CC1. The van der Waals surface area contributed by atoms with Gasteiger partial charge in [-0.05, 0) is 37.4 Å². The van der Waals surface area contributed by atoms with E-state index in [4.69, 9.17) is 5.73 Å². The van der Waals surface area contributed by atoms with Crippen molar-refractivity contribution in [3.05, 3.63) is 24.3 Å². The maximum absolute atomic E-state index is 5.70. The van der Waals surface area contributed by atoms with Crippen LogP contribution in [0.3, 0.4) is 0 Å². The Morgan fingerprint density at radius 3 is 2.56 bits per heavy atom. The Hall–Kier alpha value is -1.75. The molecule has 0 spiro atoms. The molecule has 0 amide bonds. The fourth-order valence-corrected chi connectivity index (χ4v) is 2.37. The Morgan fingerprint density at radius 1 is 1.11 bits per heavy atom. The minimum absolute atomic E-state index is 0.648. The summed E-state index contributed by atoms with van der Waals surface area (Å²) in [5.74, 6) is 1.39. The van der Waals surface area contributed by atoms with Crippen LogP contribution in [-0.2, 0) is 0 Å².